The van der Waals surface area contributed by atoms with Crippen LogP contribution >= 0.6 is 0 Å². The van der Waals surface area contributed by atoms with Crippen molar-refractivity contribution >= 4 is 12.0 Å². The van der Waals surface area contributed by atoms with E-state index in [1.165, 1.54) is 0 Å². The van der Waals surface area contributed by atoms with E-state index in [1.54, 1.807) is 16.7 Å². The van der Waals surface area contributed by atoms with Crippen LogP contribution in [-0.2, 0) is 9.53 Å². The number of piperazine rings is 1. The molecule has 1 rings (SSSR count). The Labute approximate surface area is 108 Å². The normalized spacial score (nSPS) is 17.5. The lowest BCUT2D eigenvalue weighted by atomic mass is 10.1. The number of amides is 2. The predicted molar refractivity (Wildman–Crippen MR) is 68.1 cm³/mol. The van der Waals surface area contributed by atoms with Gasteiger partial charge in [0.15, 0.2) is 0 Å². The second-order valence-electron chi connectivity index (χ2n) is 4.41. The second kappa shape index (κ2) is 7.20. The van der Waals surface area contributed by atoms with Crippen molar-refractivity contribution in [3.63, 3.8) is 0 Å². The molecule has 6 heteroatoms. The van der Waals surface area contributed by atoms with Crippen LogP contribution < -0.4 is 5.73 Å². The van der Waals surface area contributed by atoms with Gasteiger partial charge in [0.05, 0.1) is 12.6 Å². The fraction of sp³-hybridized carbons (Fsp3) is 0.833. The summed E-state index contributed by atoms with van der Waals surface area (Å²) in [5.74, 6) is -0.0136. The van der Waals surface area contributed by atoms with Crippen LogP contribution in [-0.4, -0.2) is 60.6 Å². The molecule has 2 N–H and O–H groups in total. The molecule has 0 spiro atoms. The van der Waals surface area contributed by atoms with Crippen molar-refractivity contribution in [3.05, 3.63) is 0 Å². The molecule has 1 atom stereocenters. The van der Waals surface area contributed by atoms with Crippen molar-refractivity contribution in [2.24, 2.45) is 5.73 Å². The summed E-state index contributed by atoms with van der Waals surface area (Å²) < 4.78 is 4.92. The number of carbonyl (C=O) groups is 2. The average Bonchev–Trinajstić information content (AvgIpc) is 2.38. The Morgan fingerprint density at radius 3 is 2.22 bits per heavy atom. The Kier molecular flexibility index (Phi) is 5.91. The second-order valence-corrected chi connectivity index (χ2v) is 4.41. The lowest BCUT2D eigenvalue weighted by molar-refractivity contribution is -0.134. The van der Waals surface area contributed by atoms with E-state index in [9.17, 15) is 9.59 Å². The SMILES string of the molecule is CCC[C@@H](N)C(=O)N1CCN(C(=O)OCC)CC1. The highest BCUT2D eigenvalue weighted by Crippen LogP contribution is 2.07. The summed E-state index contributed by atoms with van der Waals surface area (Å²) >= 11 is 0. The maximum absolute atomic E-state index is 12.0. The van der Waals surface area contributed by atoms with E-state index in [1.807, 2.05) is 6.92 Å². The summed E-state index contributed by atoms with van der Waals surface area (Å²) in [6.07, 6.45) is 1.30. The molecule has 104 valence electrons. The zero-order chi connectivity index (χ0) is 13.5. The van der Waals surface area contributed by atoms with E-state index in [4.69, 9.17) is 10.5 Å². The quantitative estimate of drug-likeness (QED) is 0.791. The molecule has 18 heavy (non-hydrogen) atoms. The van der Waals surface area contributed by atoms with Gasteiger partial charge in [-0.25, -0.2) is 4.79 Å². The van der Waals surface area contributed by atoms with Crippen molar-refractivity contribution in [2.45, 2.75) is 32.7 Å². The first-order valence-electron chi connectivity index (χ1n) is 6.56. The van der Waals surface area contributed by atoms with E-state index < -0.39 is 6.04 Å². The largest absolute Gasteiger partial charge is 0.450 e. The van der Waals surface area contributed by atoms with E-state index >= 15 is 0 Å². The molecule has 0 radical (unpaired) electrons. The summed E-state index contributed by atoms with van der Waals surface area (Å²) in [6.45, 7) is 6.27. The van der Waals surface area contributed by atoms with Gasteiger partial charge in [0.25, 0.3) is 0 Å². The summed E-state index contributed by atoms with van der Waals surface area (Å²) in [6, 6.07) is -0.413. The van der Waals surface area contributed by atoms with Gasteiger partial charge in [0.2, 0.25) is 5.91 Å². The van der Waals surface area contributed by atoms with Crippen LogP contribution in [0.5, 0.6) is 0 Å². The average molecular weight is 257 g/mol. The van der Waals surface area contributed by atoms with Gasteiger partial charge in [-0.2, -0.15) is 0 Å². The monoisotopic (exact) mass is 257 g/mol. The lowest BCUT2D eigenvalue weighted by Crippen LogP contribution is -2.54. The Morgan fingerprint density at radius 1 is 1.17 bits per heavy atom. The van der Waals surface area contributed by atoms with Gasteiger partial charge in [-0.15, -0.1) is 0 Å². The molecule has 1 heterocycles. The van der Waals surface area contributed by atoms with Crippen molar-refractivity contribution < 1.29 is 14.3 Å². The minimum absolute atomic E-state index is 0.0136. The zero-order valence-electron chi connectivity index (χ0n) is 11.2. The minimum Gasteiger partial charge on any atom is -0.450 e. The molecule has 1 saturated heterocycles. The summed E-state index contributed by atoms with van der Waals surface area (Å²) in [4.78, 5) is 26.8. The molecule has 0 aliphatic carbocycles. The third kappa shape index (κ3) is 3.87. The molecule has 0 saturated carbocycles. The standard InChI is InChI=1S/C12H23N3O3/c1-3-5-10(13)11(16)14-6-8-15(9-7-14)12(17)18-4-2/h10H,3-9,13H2,1-2H3/t10-/m1/s1. The minimum atomic E-state index is -0.413. The van der Waals surface area contributed by atoms with Gasteiger partial charge in [-0.3, -0.25) is 4.79 Å². The summed E-state index contributed by atoms with van der Waals surface area (Å²) in [5.41, 5.74) is 5.80. The number of hydrogen-bond acceptors (Lipinski definition) is 4. The molecule has 0 bridgehead atoms. The van der Waals surface area contributed by atoms with E-state index in [0.29, 0.717) is 39.2 Å². The fourth-order valence-corrected chi connectivity index (χ4v) is 1.99. The molecule has 2 amide bonds. The van der Waals surface area contributed by atoms with Crippen molar-refractivity contribution in [2.75, 3.05) is 32.8 Å². The molecule has 0 unspecified atom stereocenters. The number of hydrogen-bond donors (Lipinski definition) is 1. The van der Waals surface area contributed by atoms with E-state index in [-0.39, 0.29) is 12.0 Å². The van der Waals surface area contributed by atoms with Crippen LogP contribution in [0.2, 0.25) is 0 Å². The molecule has 0 aromatic carbocycles. The molecule has 6 nitrogen and oxygen atoms in total. The predicted octanol–water partition coefficient (Wildman–Crippen LogP) is 0.415. The third-order valence-electron chi connectivity index (χ3n) is 3.03. The van der Waals surface area contributed by atoms with Crippen molar-refractivity contribution in [1.29, 1.82) is 0 Å². The first-order valence-corrected chi connectivity index (χ1v) is 6.56. The van der Waals surface area contributed by atoms with Crippen LogP contribution in [0.1, 0.15) is 26.7 Å². The highest BCUT2D eigenvalue weighted by molar-refractivity contribution is 5.82. The molecule has 1 fully saturated rings. The fourth-order valence-electron chi connectivity index (χ4n) is 1.99. The highest BCUT2D eigenvalue weighted by Gasteiger charge is 2.27. The van der Waals surface area contributed by atoms with Gasteiger partial charge in [-0.05, 0) is 13.3 Å². The molecular weight excluding hydrogens is 234 g/mol. The number of ether oxygens (including phenoxy) is 1. The summed E-state index contributed by atoms with van der Waals surface area (Å²) in [7, 11) is 0. The summed E-state index contributed by atoms with van der Waals surface area (Å²) in [5, 5.41) is 0. The number of rotatable bonds is 4. The Bertz CT molecular complexity index is 288. The van der Waals surface area contributed by atoms with Crippen LogP contribution in [0.25, 0.3) is 0 Å². The zero-order valence-corrected chi connectivity index (χ0v) is 11.2. The Balaban J connectivity index is 2.39. The number of nitrogens with two attached hydrogens (primary N) is 1. The molecule has 1 aliphatic rings. The van der Waals surface area contributed by atoms with Crippen LogP contribution in [0.4, 0.5) is 4.79 Å². The molecule has 1 aliphatic heterocycles. The maximum atomic E-state index is 12.0. The van der Waals surface area contributed by atoms with Gasteiger partial charge in [0, 0.05) is 26.2 Å². The van der Waals surface area contributed by atoms with E-state index in [2.05, 4.69) is 0 Å². The van der Waals surface area contributed by atoms with Crippen molar-refractivity contribution in [3.8, 4) is 0 Å². The van der Waals surface area contributed by atoms with Crippen LogP contribution in [0.15, 0.2) is 0 Å². The lowest BCUT2D eigenvalue weighted by Gasteiger charge is -2.35. The van der Waals surface area contributed by atoms with Gasteiger partial charge in [-0.1, -0.05) is 13.3 Å². The van der Waals surface area contributed by atoms with Gasteiger partial charge in [0.1, 0.15) is 0 Å². The number of carbonyl (C=O) groups excluding carboxylic acids is 2. The third-order valence-corrected chi connectivity index (χ3v) is 3.03. The maximum Gasteiger partial charge on any atom is 0.409 e. The van der Waals surface area contributed by atoms with Crippen LogP contribution in [0.3, 0.4) is 0 Å². The molecule has 0 aromatic heterocycles. The Hall–Kier alpha value is -1.30. The van der Waals surface area contributed by atoms with Crippen LogP contribution in [0, 0.1) is 0 Å². The number of nitrogens with zero attached hydrogens (tertiary/aromatic N) is 2. The first kappa shape index (κ1) is 14.8. The smallest absolute Gasteiger partial charge is 0.409 e. The van der Waals surface area contributed by atoms with Gasteiger partial charge >= 0.3 is 6.09 Å². The molecule has 0 aromatic rings. The Morgan fingerprint density at radius 2 is 1.72 bits per heavy atom. The van der Waals surface area contributed by atoms with Gasteiger partial charge < -0.3 is 20.3 Å². The first-order chi connectivity index (χ1) is 8.60. The van der Waals surface area contributed by atoms with Crippen molar-refractivity contribution in [1.82, 2.24) is 9.80 Å². The molecular formula is C12H23N3O3. The van der Waals surface area contributed by atoms with E-state index in [0.717, 1.165) is 6.42 Å². The highest BCUT2D eigenvalue weighted by atomic mass is 16.6. The topological polar surface area (TPSA) is 75.9 Å².